The SMILES string of the molecule is Cc1cc(N2CC(C(=O)N/N=C/c3ccc(Br)cc3)CC2=O)c(Cl)c(C)c1S(N)(=O)=O. The summed E-state index contributed by atoms with van der Waals surface area (Å²) in [5, 5.41) is 9.34. The molecule has 11 heteroatoms. The second kappa shape index (κ2) is 9.07. The molecule has 2 aromatic carbocycles. The van der Waals surface area contributed by atoms with Gasteiger partial charge in [0.05, 0.1) is 27.7 Å². The highest BCUT2D eigenvalue weighted by Crippen LogP contribution is 2.38. The third kappa shape index (κ3) is 5.15. The number of carbonyl (C=O) groups excluding carboxylic acids is 2. The number of sulfonamides is 1. The van der Waals surface area contributed by atoms with Crippen molar-refractivity contribution in [2.75, 3.05) is 11.4 Å². The van der Waals surface area contributed by atoms with Crippen molar-refractivity contribution >= 4 is 61.3 Å². The molecular weight excluding hydrogens is 508 g/mol. The number of amides is 2. The fourth-order valence-corrected chi connectivity index (χ4v) is 5.09. The Balaban J connectivity index is 1.75. The minimum Gasteiger partial charge on any atom is -0.310 e. The van der Waals surface area contributed by atoms with Gasteiger partial charge in [0, 0.05) is 17.4 Å². The molecule has 8 nitrogen and oxygen atoms in total. The van der Waals surface area contributed by atoms with E-state index in [-0.39, 0.29) is 34.4 Å². The van der Waals surface area contributed by atoms with E-state index in [1.165, 1.54) is 24.1 Å². The molecule has 3 N–H and O–H groups in total. The Morgan fingerprint density at radius 3 is 2.58 bits per heavy atom. The van der Waals surface area contributed by atoms with Gasteiger partial charge in [0.2, 0.25) is 21.8 Å². The van der Waals surface area contributed by atoms with Gasteiger partial charge in [-0.05, 0) is 48.7 Å². The van der Waals surface area contributed by atoms with Crippen molar-refractivity contribution < 1.29 is 18.0 Å². The van der Waals surface area contributed by atoms with Crippen LogP contribution in [0.4, 0.5) is 5.69 Å². The molecule has 1 atom stereocenters. The highest BCUT2D eigenvalue weighted by atomic mass is 79.9. The number of hydrogen-bond donors (Lipinski definition) is 2. The number of hydrogen-bond acceptors (Lipinski definition) is 5. The van der Waals surface area contributed by atoms with E-state index in [0.717, 1.165) is 10.0 Å². The third-order valence-electron chi connectivity index (χ3n) is 4.94. The van der Waals surface area contributed by atoms with Crippen LogP contribution >= 0.6 is 27.5 Å². The molecule has 0 aromatic heterocycles. The summed E-state index contributed by atoms with van der Waals surface area (Å²) in [6.45, 7) is 3.21. The molecule has 0 aliphatic carbocycles. The summed E-state index contributed by atoms with van der Waals surface area (Å²) >= 11 is 9.71. The molecule has 0 spiro atoms. The van der Waals surface area contributed by atoms with Crippen molar-refractivity contribution in [3.63, 3.8) is 0 Å². The molecule has 1 unspecified atom stereocenters. The maximum atomic E-state index is 12.6. The van der Waals surface area contributed by atoms with Crippen molar-refractivity contribution in [3.8, 4) is 0 Å². The lowest BCUT2D eigenvalue weighted by atomic mass is 10.1. The zero-order chi connectivity index (χ0) is 22.9. The van der Waals surface area contributed by atoms with Crippen LogP contribution in [0.25, 0.3) is 0 Å². The second-order valence-corrected chi connectivity index (χ2v) is 10.0. The smallest absolute Gasteiger partial charge is 0.245 e. The Morgan fingerprint density at radius 1 is 1.32 bits per heavy atom. The van der Waals surface area contributed by atoms with Gasteiger partial charge >= 0.3 is 0 Å². The first kappa shape index (κ1) is 23.4. The standard InChI is InChI=1S/C20H20BrClN4O4S/c1-11-7-16(18(22)12(2)19(11)31(23,29)30)26-10-14(8-17(26)27)20(28)25-24-9-13-3-5-15(21)6-4-13/h3-7,9,14H,8,10H2,1-2H3,(H,25,28)(H2,23,29,30)/b24-9+. The number of anilines is 1. The summed E-state index contributed by atoms with van der Waals surface area (Å²) in [5.74, 6) is -1.31. The first-order valence-electron chi connectivity index (χ1n) is 9.20. The molecule has 1 saturated heterocycles. The number of nitrogens with one attached hydrogen (secondary N) is 1. The molecule has 0 saturated carbocycles. The molecule has 31 heavy (non-hydrogen) atoms. The second-order valence-electron chi connectivity index (χ2n) is 7.22. The van der Waals surface area contributed by atoms with Crippen molar-refractivity contribution in [1.29, 1.82) is 0 Å². The predicted octanol–water partition coefficient (Wildman–Crippen LogP) is 2.87. The lowest BCUT2D eigenvalue weighted by Crippen LogP contribution is -2.30. The number of carbonyl (C=O) groups is 2. The van der Waals surface area contributed by atoms with E-state index in [2.05, 4.69) is 26.5 Å². The number of nitrogens with two attached hydrogens (primary N) is 1. The first-order valence-corrected chi connectivity index (χ1v) is 11.9. The molecule has 164 valence electrons. The number of nitrogens with zero attached hydrogens (tertiary/aromatic N) is 2. The average Bonchev–Trinajstić information content (AvgIpc) is 3.07. The maximum Gasteiger partial charge on any atom is 0.245 e. The van der Waals surface area contributed by atoms with Gasteiger partial charge in [-0.15, -0.1) is 0 Å². The molecule has 2 amide bonds. The fraction of sp³-hybridized carbons (Fsp3) is 0.250. The summed E-state index contributed by atoms with van der Waals surface area (Å²) in [7, 11) is -3.97. The van der Waals surface area contributed by atoms with Crippen molar-refractivity contribution in [1.82, 2.24) is 5.43 Å². The maximum absolute atomic E-state index is 12.6. The fourth-order valence-electron chi connectivity index (χ4n) is 3.48. The minimum atomic E-state index is -3.97. The van der Waals surface area contributed by atoms with Gasteiger partial charge in [-0.25, -0.2) is 19.0 Å². The normalized spacial score (nSPS) is 16.9. The largest absolute Gasteiger partial charge is 0.310 e. The van der Waals surface area contributed by atoms with Crippen LogP contribution in [0.15, 0.2) is 44.8 Å². The van der Waals surface area contributed by atoms with Crippen LogP contribution in [0.5, 0.6) is 0 Å². The van der Waals surface area contributed by atoms with Gasteiger partial charge in [-0.3, -0.25) is 9.59 Å². The Hall–Kier alpha value is -2.27. The van der Waals surface area contributed by atoms with E-state index >= 15 is 0 Å². The molecule has 1 fully saturated rings. The van der Waals surface area contributed by atoms with Gasteiger partial charge in [-0.2, -0.15) is 5.10 Å². The molecular formula is C20H20BrClN4O4S. The Kier molecular flexibility index (Phi) is 6.85. The molecule has 3 rings (SSSR count). The van der Waals surface area contributed by atoms with E-state index in [4.69, 9.17) is 16.7 Å². The number of primary sulfonamides is 1. The molecule has 0 radical (unpaired) electrons. The van der Waals surface area contributed by atoms with Crippen LogP contribution < -0.4 is 15.5 Å². The monoisotopic (exact) mass is 526 g/mol. The van der Waals surface area contributed by atoms with Gasteiger partial charge in [0.15, 0.2) is 0 Å². The van der Waals surface area contributed by atoms with Crippen molar-refractivity contribution in [2.45, 2.75) is 25.2 Å². The van der Waals surface area contributed by atoms with E-state index < -0.39 is 21.8 Å². The van der Waals surface area contributed by atoms with Crippen LogP contribution in [0, 0.1) is 19.8 Å². The van der Waals surface area contributed by atoms with Gasteiger partial charge in [0.25, 0.3) is 0 Å². The zero-order valence-electron chi connectivity index (χ0n) is 16.7. The van der Waals surface area contributed by atoms with E-state index in [1.807, 2.05) is 24.3 Å². The molecule has 2 aromatic rings. The van der Waals surface area contributed by atoms with Crippen LogP contribution in [0.3, 0.4) is 0 Å². The minimum absolute atomic E-state index is 0.00893. The Bertz CT molecular complexity index is 1180. The lowest BCUT2D eigenvalue weighted by Gasteiger charge is -2.21. The lowest BCUT2D eigenvalue weighted by molar-refractivity contribution is -0.126. The third-order valence-corrected chi connectivity index (χ3v) is 7.14. The van der Waals surface area contributed by atoms with Crippen LogP contribution in [0.2, 0.25) is 5.02 Å². The van der Waals surface area contributed by atoms with E-state index in [1.54, 1.807) is 6.92 Å². The first-order chi connectivity index (χ1) is 14.5. The Labute approximate surface area is 193 Å². The summed E-state index contributed by atoms with van der Waals surface area (Å²) in [4.78, 5) is 26.4. The van der Waals surface area contributed by atoms with Gasteiger partial charge in [-0.1, -0.05) is 39.7 Å². The van der Waals surface area contributed by atoms with Crippen molar-refractivity contribution in [3.05, 3.63) is 56.5 Å². The number of aryl methyl sites for hydroxylation is 1. The van der Waals surface area contributed by atoms with Crippen LogP contribution in [-0.4, -0.2) is 33.0 Å². The number of halogens is 2. The summed E-state index contributed by atoms with van der Waals surface area (Å²) in [6.07, 6.45) is 1.50. The van der Waals surface area contributed by atoms with Crippen LogP contribution in [0.1, 0.15) is 23.1 Å². The number of rotatable bonds is 5. The molecule has 0 bridgehead atoms. The zero-order valence-corrected chi connectivity index (χ0v) is 19.9. The highest BCUT2D eigenvalue weighted by molar-refractivity contribution is 9.10. The van der Waals surface area contributed by atoms with Crippen LogP contribution in [-0.2, 0) is 19.6 Å². The number of hydrazone groups is 1. The van der Waals surface area contributed by atoms with E-state index in [9.17, 15) is 18.0 Å². The predicted molar refractivity (Wildman–Crippen MR) is 123 cm³/mol. The van der Waals surface area contributed by atoms with Crippen molar-refractivity contribution in [2.24, 2.45) is 16.2 Å². The molecule has 1 aliphatic heterocycles. The topological polar surface area (TPSA) is 122 Å². The quantitative estimate of drug-likeness (QED) is 0.458. The summed E-state index contributed by atoms with van der Waals surface area (Å²) in [6, 6.07) is 8.87. The molecule has 1 heterocycles. The summed E-state index contributed by atoms with van der Waals surface area (Å²) < 4.78 is 24.6. The Morgan fingerprint density at radius 2 is 1.97 bits per heavy atom. The van der Waals surface area contributed by atoms with Gasteiger partial charge in [0.1, 0.15) is 0 Å². The molecule has 1 aliphatic rings. The highest BCUT2D eigenvalue weighted by Gasteiger charge is 2.37. The number of benzene rings is 2. The summed E-state index contributed by atoms with van der Waals surface area (Å²) in [5.41, 5.74) is 4.25. The van der Waals surface area contributed by atoms with E-state index in [0.29, 0.717) is 11.3 Å². The average molecular weight is 528 g/mol. The van der Waals surface area contributed by atoms with Gasteiger partial charge < -0.3 is 4.90 Å².